The summed E-state index contributed by atoms with van der Waals surface area (Å²) in [4.78, 5) is 2.17. The average molecular weight is 269 g/mol. The third kappa shape index (κ3) is 2.56. The molecule has 2 aromatic heterocycles. The number of anilines is 1. The molecule has 2 heterocycles. The minimum absolute atomic E-state index is 0.411. The molecule has 0 unspecified atom stereocenters. The first kappa shape index (κ1) is 12.5. The van der Waals surface area contributed by atoms with E-state index in [0.29, 0.717) is 24.1 Å². The summed E-state index contributed by atoms with van der Waals surface area (Å²) in [5.41, 5.74) is 1.13. The van der Waals surface area contributed by atoms with Crippen molar-refractivity contribution in [2.24, 2.45) is 0 Å². The van der Waals surface area contributed by atoms with Crippen LogP contribution in [0.2, 0.25) is 0 Å². The van der Waals surface area contributed by atoms with Crippen LogP contribution in [0, 0.1) is 0 Å². The van der Waals surface area contributed by atoms with E-state index in [2.05, 4.69) is 34.2 Å². The third-order valence-electron chi connectivity index (χ3n) is 3.03. The molecule has 0 fully saturated rings. The van der Waals surface area contributed by atoms with Gasteiger partial charge in [-0.05, 0) is 31.2 Å². The van der Waals surface area contributed by atoms with Gasteiger partial charge < -0.3 is 13.7 Å². The van der Waals surface area contributed by atoms with Gasteiger partial charge >= 0.3 is 0 Å². The summed E-state index contributed by atoms with van der Waals surface area (Å²) < 4.78 is 10.9. The molecule has 102 valence electrons. The van der Waals surface area contributed by atoms with Crippen LogP contribution in [-0.4, -0.2) is 16.7 Å². The van der Waals surface area contributed by atoms with Gasteiger partial charge in [0.1, 0.15) is 0 Å². The largest absolute Gasteiger partial charge is 0.459 e. The second-order valence-electron chi connectivity index (χ2n) is 4.33. The van der Waals surface area contributed by atoms with Crippen LogP contribution >= 0.6 is 0 Å². The number of nitrogens with zero attached hydrogens (tertiary/aromatic N) is 3. The molecule has 0 saturated carbocycles. The summed E-state index contributed by atoms with van der Waals surface area (Å²) in [5.74, 6) is 1.57. The number of rotatable bonds is 5. The molecular weight excluding hydrogens is 254 g/mol. The van der Waals surface area contributed by atoms with Gasteiger partial charge in [-0.25, -0.2) is 0 Å². The Morgan fingerprint density at radius 1 is 1.05 bits per heavy atom. The van der Waals surface area contributed by atoms with Gasteiger partial charge in [0.15, 0.2) is 5.76 Å². The fourth-order valence-electron chi connectivity index (χ4n) is 2.01. The van der Waals surface area contributed by atoms with Gasteiger partial charge in [0.05, 0.1) is 12.8 Å². The fourth-order valence-corrected chi connectivity index (χ4v) is 2.01. The molecule has 5 nitrogen and oxygen atoms in total. The van der Waals surface area contributed by atoms with Crippen molar-refractivity contribution in [2.45, 2.75) is 13.5 Å². The van der Waals surface area contributed by atoms with Crippen LogP contribution in [0.4, 0.5) is 5.69 Å². The van der Waals surface area contributed by atoms with Crippen molar-refractivity contribution in [3.05, 3.63) is 54.6 Å². The Balaban J connectivity index is 1.77. The Morgan fingerprint density at radius 3 is 2.60 bits per heavy atom. The van der Waals surface area contributed by atoms with Crippen molar-refractivity contribution in [3.8, 4) is 11.7 Å². The van der Waals surface area contributed by atoms with Gasteiger partial charge in [-0.2, -0.15) is 0 Å². The highest BCUT2D eigenvalue weighted by atomic mass is 16.4. The van der Waals surface area contributed by atoms with E-state index < -0.39 is 0 Å². The Hall–Kier alpha value is -2.56. The molecule has 3 aromatic rings. The zero-order chi connectivity index (χ0) is 13.8. The van der Waals surface area contributed by atoms with E-state index in [9.17, 15) is 0 Å². The predicted molar refractivity (Wildman–Crippen MR) is 75.2 cm³/mol. The maximum absolute atomic E-state index is 5.62. The molecule has 3 rings (SSSR count). The smallest absolute Gasteiger partial charge is 0.283 e. The van der Waals surface area contributed by atoms with Crippen LogP contribution in [-0.2, 0) is 6.54 Å². The molecular formula is C15H15N3O2. The van der Waals surface area contributed by atoms with Gasteiger partial charge in [-0.15, -0.1) is 10.2 Å². The number of aromatic nitrogens is 2. The van der Waals surface area contributed by atoms with E-state index in [0.717, 1.165) is 12.2 Å². The summed E-state index contributed by atoms with van der Waals surface area (Å²) in [6, 6.07) is 13.7. The van der Waals surface area contributed by atoms with E-state index in [-0.39, 0.29) is 0 Å². The molecule has 0 bridgehead atoms. The molecule has 0 spiro atoms. The van der Waals surface area contributed by atoms with Crippen molar-refractivity contribution in [1.29, 1.82) is 0 Å². The monoisotopic (exact) mass is 269 g/mol. The maximum atomic E-state index is 5.62. The third-order valence-corrected chi connectivity index (χ3v) is 3.03. The molecule has 0 aliphatic heterocycles. The minimum Gasteiger partial charge on any atom is -0.459 e. The molecule has 0 aliphatic rings. The highest BCUT2D eigenvalue weighted by molar-refractivity contribution is 5.46. The summed E-state index contributed by atoms with van der Waals surface area (Å²) in [6.07, 6.45) is 1.58. The zero-order valence-electron chi connectivity index (χ0n) is 11.2. The molecule has 0 radical (unpaired) electrons. The van der Waals surface area contributed by atoms with Crippen LogP contribution in [0.15, 0.2) is 57.6 Å². The zero-order valence-corrected chi connectivity index (χ0v) is 11.2. The number of furan rings is 1. The highest BCUT2D eigenvalue weighted by Gasteiger charge is 2.13. The quantitative estimate of drug-likeness (QED) is 0.711. The van der Waals surface area contributed by atoms with Crippen molar-refractivity contribution in [2.75, 3.05) is 11.4 Å². The van der Waals surface area contributed by atoms with Gasteiger partial charge in [0, 0.05) is 12.2 Å². The molecule has 0 saturated heterocycles. The average Bonchev–Trinajstić information content (AvgIpc) is 3.16. The maximum Gasteiger partial charge on any atom is 0.283 e. The predicted octanol–water partition coefficient (Wildman–Crippen LogP) is 3.36. The molecule has 0 N–H and O–H groups in total. The summed E-state index contributed by atoms with van der Waals surface area (Å²) >= 11 is 0. The van der Waals surface area contributed by atoms with E-state index in [1.165, 1.54) is 0 Å². The lowest BCUT2D eigenvalue weighted by molar-refractivity contribution is 0.476. The summed E-state index contributed by atoms with van der Waals surface area (Å²) in [6.45, 7) is 3.54. The lowest BCUT2D eigenvalue weighted by Crippen LogP contribution is -2.22. The Labute approximate surface area is 116 Å². The first-order chi connectivity index (χ1) is 9.86. The number of para-hydroxylation sites is 1. The fraction of sp³-hybridized carbons (Fsp3) is 0.200. The number of benzene rings is 1. The lowest BCUT2D eigenvalue weighted by Gasteiger charge is -2.20. The van der Waals surface area contributed by atoms with Crippen LogP contribution in [0.1, 0.15) is 12.8 Å². The molecule has 1 aromatic carbocycles. The van der Waals surface area contributed by atoms with Crippen LogP contribution in [0.25, 0.3) is 11.7 Å². The van der Waals surface area contributed by atoms with Crippen molar-refractivity contribution in [1.82, 2.24) is 10.2 Å². The first-order valence-corrected chi connectivity index (χ1v) is 6.53. The summed E-state index contributed by atoms with van der Waals surface area (Å²) in [5, 5.41) is 8.07. The topological polar surface area (TPSA) is 55.3 Å². The number of hydrogen-bond acceptors (Lipinski definition) is 5. The van der Waals surface area contributed by atoms with Crippen LogP contribution in [0.5, 0.6) is 0 Å². The van der Waals surface area contributed by atoms with Gasteiger partial charge in [0.2, 0.25) is 5.89 Å². The van der Waals surface area contributed by atoms with Crippen LogP contribution in [0.3, 0.4) is 0 Å². The summed E-state index contributed by atoms with van der Waals surface area (Å²) in [7, 11) is 0. The van der Waals surface area contributed by atoms with E-state index >= 15 is 0 Å². The second kappa shape index (κ2) is 5.61. The lowest BCUT2D eigenvalue weighted by atomic mass is 10.3. The number of hydrogen-bond donors (Lipinski definition) is 0. The molecule has 0 amide bonds. The standard InChI is InChI=1S/C15H15N3O2/c1-2-18(12-7-4-3-5-8-12)11-14-16-17-15(20-14)13-9-6-10-19-13/h3-10H,2,11H2,1H3. The molecule has 0 atom stereocenters. The minimum atomic E-state index is 0.411. The van der Waals surface area contributed by atoms with E-state index in [1.54, 1.807) is 18.4 Å². The van der Waals surface area contributed by atoms with Crippen LogP contribution < -0.4 is 4.90 Å². The van der Waals surface area contributed by atoms with Gasteiger partial charge in [0.25, 0.3) is 5.89 Å². The first-order valence-electron chi connectivity index (χ1n) is 6.53. The second-order valence-corrected chi connectivity index (χ2v) is 4.33. The van der Waals surface area contributed by atoms with Gasteiger partial charge in [-0.1, -0.05) is 18.2 Å². The van der Waals surface area contributed by atoms with Crippen molar-refractivity contribution < 1.29 is 8.83 Å². The molecule has 0 aliphatic carbocycles. The SMILES string of the molecule is CCN(Cc1nnc(-c2ccco2)o1)c1ccccc1. The van der Waals surface area contributed by atoms with E-state index in [4.69, 9.17) is 8.83 Å². The highest BCUT2D eigenvalue weighted by Crippen LogP contribution is 2.20. The Bertz CT molecular complexity index is 647. The van der Waals surface area contributed by atoms with Crippen molar-refractivity contribution >= 4 is 5.69 Å². The molecule has 5 heteroatoms. The molecule has 20 heavy (non-hydrogen) atoms. The van der Waals surface area contributed by atoms with Gasteiger partial charge in [-0.3, -0.25) is 0 Å². The Morgan fingerprint density at radius 2 is 1.90 bits per heavy atom. The van der Waals surface area contributed by atoms with E-state index in [1.807, 2.05) is 18.2 Å². The normalized spacial score (nSPS) is 10.7. The Kier molecular flexibility index (Phi) is 3.50. The van der Waals surface area contributed by atoms with Crippen molar-refractivity contribution in [3.63, 3.8) is 0 Å².